The van der Waals surface area contributed by atoms with Crippen LogP contribution in [0.2, 0.25) is 0 Å². The van der Waals surface area contributed by atoms with Crippen LogP contribution in [-0.4, -0.2) is 0 Å². The van der Waals surface area contributed by atoms with E-state index < -0.39 is 0 Å². The van der Waals surface area contributed by atoms with Crippen LogP contribution in [0.4, 0.5) is 17.1 Å². The van der Waals surface area contributed by atoms with E-state index in [1.807, 2.05) is 6.08 Å². The predicted octanol–water partition coefficient (Wildman–Crippen LogP) is 15.9. The second-order valence-electron chi connectivity index (χ2n) is 15.9. The highest BCUT2D eigenvalue weighted by Crippen LogP contribution is 2.52. The first-order chi connectivity index (χ1) is 28.4. The van der Waals surface area contributed by atoms with Crippen molar-refractivity contribution in [3.8, 4) is 55.6 Å². The molecule has 58 heavy (non-hydrogen) atoms. The van der Waals surface area contributed by atoms with Crippen molar-refractivity contribution in [3.05, 3.63) is 230 Å². The van der Waals surface area contributed by atoms with Gasteiger partial charge in [0.25, 0.3) is 0 Å². The molecule has 0 spiro atoms. The highest BCUT2D eigenvalue weighted by molar-refractivity contribution is 5.90. The van der Waals surface area contributed by atoms with Gasteiger partial charge >= 0.3 is 0 Å². The lowest BCUT2D eigenvalue weighted by Gasteiger charge is -2.28. The van der Waals surface area contributed by atoms with Crippen molar-refractivity contribution in [1.82, 2.24) is 0 Å². The van der Waals surface area contributed by atoms with Crippen LogP contribution >= 0.6 is 0 Å². The van der Waals surface area contributed by atoms with Gasteiger partial charge in [-0.1, -0.05) is 184 Å². The Kier molecular flexibility index (Phi) is 8.73. The number of anilines is 3. The van der Waals surface area contributed by atoms with Gasteiger partial charge in [-0.3, -0.25) is 0 Å². The van der Waals surface area contributed by atoms with Crippen molar-refractivity contribution < 1.29 is 0 Å². The first-order valence-electron chi connectivity index (χ1n) is 20.1. The molecule has 0 saturated heterocycles. The number of rotatable bonds is 8. The molecule has 10 rings (SSSR count). The van der Waals surface area contributed by atoms with E-state index in [0.29, 0.717) is 0 Å². The van der Waals surface area contributed by atoms with Crippen molar-refractivity contribution in [2.75, 3.05) is 4.90 Å². The smallest absolute Gasteiger partial charge is 0.0465 e. The second-order valence-corrected chi connectivity index (χ2v) is 15.9. The number of fused-ring (bicyclic) bond motifs is 4. The Morgan fingerprint density at radius 2 is 0.776 bits per heavy atom. The van der Waals surface area contributed by atoms with Gasteiger partial charge in [0.05, 0.1) is 0 Å². The fourth-order valence-corrected chi connectivity index (χ4v) is 8.76. The maximum Gasteiger partial charge on any atom is 0.0465 e. The quantitative estimate of drug-likeness (QED) is 0.150. The molecular formula is C57H43N. The maximum absolute atomic E-state index is 3.89. The van der Waals surface area contributed by atoms with Crippen LogP contribution in [-0.2, 0) is 5.41 Å². The van der Waals surface area contributed by atoms with Crippen LogP contribution in [0, 0.1) is 0 Å². The van der Waals surface area contributed by atoms with Crippen LogP contribution in [0.5, 0.6) is 0 Å². The fraction of sp³-hybridized carbons (Fsp3) is 0.0526. The zero-order valence-electron chi connectivity index (χ0n) is 32.9. The number of nitrogens with zero attached hydrogens (tertiary/aromatic N) is 1. The Labute approximate surface area is 341 Å². The summed E-state index contributed by atoms with van der Waals surface area (Å²) in [5.41, 5.74) is 19.4. The predicted molar refractivity (Wildman–Crippen MR) is 248 cm³/mol. The molecular weight excluding hydrogens is 699 g/mol. The third-order valence-electron chi connectivity index (χ3n) is 12.1. The fourth-order valence-electron chi connectivity index (χ4n) is 8.76. The zero-order chi connectivity index (χ0) is 39.2. The third-order valence-corrected chi connectivity index (χ3v) is 12.1. The summed E-state index contributed by atoms with van der Waals surface area (Å²) in [6.07, 6.45) is 1.88. The minimum Gasteiger partial charge on any atom is -0.310 e. The molecule has 1 nitrogen and oxygen atoms in total. The SMILES string of the molecule is C=Cc1ccc(-c2ccc(-c3ccc(N(c4ccc(-c5ccccc5)cc4)c4ccc5c(c4)C(C)(C)c4cc(-c6ccc7ccccc7c6)ccc4-5)cc3)cc2)cc1. The van der Waals surface area contributed by atoms with Gasteiger partial charge in [0.1, 0.15) is 0 Å². The molecule has 0 N–H and O–H groups in total. The van der Waals surface area contributed by atoms with E-state index in [4.69, 9.17) is 0 Å². The van der Waals surface area contributed by atoms with E-state index in [0.717, 1.165) is 22.6 Å². The van der Waals surface area contributed by atoms with Gasteiger partial charge in [-0.05, 0) is 132 Å². The molecule has 0 fully saturated rings. The van der Waals surface area contributed by atoms with E-state index in [1.165, 1.54) is 77.5 Å². The minimum absolute atomic E-state index is 0.180. The van der Waals surface area contributed by atoms with Gasteiger partial charge in [0, 0.05) is 22.5 Å². The molecule has 0 saturated carbocycles. The Morgan fingerprint density at radius 3 is 1.36 bits per heavy atom. The summed E-state index contributed by atoms with van der Waals surface area (Å²) in [4.78, 5) is 2.40. The molecule has 0 aliphatic heterocycles. The third kappa shape index (κ3) is 6.32. The lowest BCUT2D eigenvalue weighted by atomic mass is 9.81. The summed E-state index contributed by atoms with van der Waals surface area (Å²) in [7, 11) is 0. The highest BCUT2D eigenvalue weighted by Gasteiger charge is 2.36. The largest absolute Gasteiger partial charge is 0.310 e. The van der Waals surface area contributed by atoms with Crippen molar-refractivity contribution >= 4 is 33.9 Å². The van der Waals surface area contributed by atoms with E-state index in [2.05, 4.69) is 232 Å². The molecule has 9 aromatic carbocycles. The molecule has 0 bridgehead atoms. The van der Waals surface area contributed by atoms with E-state index in [9.17, 15) is 0 Å². The molecule has 0 amide bonds. The van der Waals surface area contributed by atoms with E-state index in [-0.39, 0.29) is 5.41 Å². The average molecular weight is 742 g/mol. The molecule has 0 aromatic heterocycles. The summed E-state index contributed by atoms with van der Waals surface area (Å²) in [6, 6.07) is 75.5. The normalized spacial score (nSPS) is 12.5. The van der Waals surface area contributed by atoms with Gasteiger partial charge in [-0.2, -0.15) is 0 Å². The van der Waals surface area contributed by atoms with E-state index in [1.54, 1.807) is 0 Å². The van der Waals surface area contributed by atoms with Crippen LogP contribution in [0.15, 0.2) is 213 Å². The van der Waals surface area contributed by atoms with Crippen molar-refractivity contribution in [3.63, 3.8) is 0 Å². The summed E-state index contributed by atoms with van der Waals surface area (Å²) in [6.45, 7) is 8.64. The monoisotopic (exact) mass is 741 g/mol. The lowest BCUT2D eigenvalue weighted by molar-refractivity contribution is 0.660. The Balaban J connectivity index is 1.01. The molecule has 0 atom stereocenters. The number of benzene rings is 9. The Morgan fingerprint density at radius 1 is 0.362 bits per heavy atom. The van der Waals surface area contributed by atoms with Gasteiger partial charge in [0.15, 0.2) is 0 Å². The first-order valence-corrected chi connectivity index (χ1v) is 20.1. The van der Waals surface area contributed by atoms with Crippen molar-refractivity contribution in [2.24, 2.45) is 0 Å². The molecule has 9 aromatic rings. The number of hydrogen-bond acceptors (Lipinski definition) is 1. The van der Waals surface area contributed by atoms with Gasteiger partial charge in [0.2, 0.25) is 0 Å². The van der Waals surface area contributed by atoms with Crippen LogP contribution in [0.1, 0.15) is 30.5 Å². The molecule has 0 unspecified atom stereocenters. The van der Waals surface area contributed by atoms with Crippen molar-refractivity contribution in [1.29, 1.82) is 0 Å². The van der Waals surface area contributed by atoms with Gasteiger partial charge < -0.3 is 4.90 Å². The van der Waals surface area contributed by atoms with Gasteiger partial charge in [-0.15, -0.1) is 0 Å². The average Bonchev–Trinajstić information content (AvgIpc) is 3.51. The van der Waals surface area contributed by atoms with Crippen LogP contribution in [0.25, 0.3) is 72.5 Å². The molecule has 276 valence electrons. The minimum atomic E-state index is -0.180. The molecule has 1 aliphatic rings. The molecule has 0 radical (unpaired) electrons. The highest BCUT2D eigenvalue weighted by atomic mass is 15.1. The van der Waals surface area contributed by atoms with Crippen LogP contribution < -0.4 is 4.90 Å². The van der Waals surface area contributed by atoms with Crippen molar-refractivity contribution in [2.45, 2.75) is 19.3 Å². The Hall–Kier alpha value is -7.22. The summed E-state index contributed by atoms with van der Waals surface area (Å²) < 4.78 is 0. The topological polar surface area (TPSA) is 3.24 Å². The first kappa shape index (κ1) is 35.2. The Bertz CT molecular complexity index is 2940. The maximum atomic E-state index is 3.89. The van der Waals surface area contributed by atoms with E-state index >= 15 is 0 Å². The number of hydrogen-bond donors (Lipinski definition) is 0. The molecule has 1 aliphatic carbocycles. The standard InChI is InChI=1S/C57H43N/c1-4-39-14-16-42(17-15-39)43-18-20-44(21-19-43)46-26-31-51(32-27-46)58(50-29-24-45(25-30-50)40-10-6-5-7-11-40)52-33-35-54-53-34-28-49(37-55(53)57(2,3)56(54)38-52)48-23-22-41-12-8-9-13-47(41)36-48/h4-38H,1H2,2-3H3. The van der Waals surface area contributed by atoms with Crippen LogP contribution in [0.3, 0.4) is 0 Å². The molecule has 1 heteroatoms. The summed E-state index contributed by atoms with van der Waals surface area (Å²) in [5.74, 6) is 0. The van der Waals surface area contributed by atoms with Gasteiger partial charge in [-0.25, -0.2) is 0 Å². The lowest BCUT2D eigenvalue weighted by Crippen LogP contribution is -2.16. The summed E-state index contributed by atoms with van der Waals surface area (Å²) in [5, 5.41) is 2.53. The second kappa shape index (κ2) is 14.4. The molecule has 0 heterocycles. The summed E-state index contributed by atoms with van der Waals surface area (Å²) >= 11 is 0. The zero-order valence-corrected chi connectivity index (χ0v) is 32.9.